The number of nitrogens with zero attached hydrogens (tertiary/aromatic N) is 1. The molecule has 0 saturated carbocycles. The molecule has 0 aliphatic carbocycles. The lowest BCUT2D eigenvalue weighted by Crippen LogP contribution is -2.29. The van der Waals surface area contributed by atoms with Gasteiger partial charge in [0.25, 0.3) is 5.69 Å². The highest BCUT2D eigenvalue weighted by Gasteiger charge is 2.11. The van der Waals surface area contributed by atoms with Crippen molar-refractivity contribution >= 4 is 17.3 Å². The number of rotatable bonds is 8. The van der Waals surface area contributed by atoms with Crippen LogP contribution in [-0.4, -0.2) is 24.5 Å². The summed E-state index contributed by atoms with van der Waals surface area (Å²) in [5, 5.41) is 16.0. The number of carbonyl (C=O) groups excluding carboxylic acids is 1. The van der Waals surface area contributed by atoms with Gasteiger partial charge < -0.3 is 15.4 Å². The number of ether oxygens (including phenoxy) is 1. The van der Waals surface area contributed by atoms with Gasteiger partial charge in [-0.25, -0.2) is 4.39 Å². The largest absolute Gasteiger partial charge is 0.380 e. The Morgan fingerprint density at radius 3 is 2.72 bits per heavy atom. The summed E-state index contributed by atoms with van der Waals surface area (Å²) < 4.78 is 18.7. The van der Waals surface area contributed by atoms with E-state index in [4.69, 9.17) is 4.74 Å². The number of methoxy groups -OCH3 is 1. The summed E-state index contributed by atoms with van der Waals surface area (Å²) in [4.78, 5) is 22.0. The van der Waals surface area contributed by atoms with Crippen LogP contribution in [0, 0.1) is 15.9 Å². The standard InChI is InChI=1S/C17H18FN3O4/c1-25-11-13-4-2-3-12(7-13)9-20-17(22)10-19-16-8-14(21(23)24)5-6-15(16)18/h2-8,19H,9-11H2,1H3,(H,20,22). The predicted octanol–water partition coefficient (Wildman–Crippen LogP) is 2.61. The van der Waals surface area contributed by atoms with E-state index in [1.54, 1.807) is 7.11 Å². The molecule has 0 fully saturated rings. The van der Waals surface area contributed by atoms with Gasteiger partial charge in [0.15, 0.2) is 0 Å². The fourth-order valence-electron chi connectivity index (χ4n) is 2.20. The molecule has 2 N–H and O–H groups in total. The zero-order chi connectivity index (χ0) is 18.2. The number of halogens is 1. The molecule has 0 saturated heterocycles. The maximum absolute atomic E-state index is 13.6. The van der Waals surface area contributed by atoms with E-state index < -0.39 is 10.7 Å². The van der Waals surface area contributed by atoms with Crippen molar-refractivity contribution in [3.05, 3.63) is 69.5 Å². The van der Waals surface area contributed by atoms with E-state index in [1.165, 1.54) is 0 Å². The van der Waals surface area contributed by atoms with Crippen LogP contribution in [0.3, 0.4) is 0 Å². The van der Waals surface area contributed by atoms with Crippen molar-refractivity contribution in [1.82, 2.24) is 5.32 Å². The molecule has 0 aliphatic rings. The van der Waals surface area contributed by atoms with Gasteiger partial charge in [0.05, 0.1) is 23.8 Å². The highest BCUT2D eigenvalue weighted by molar-refractivity contribution is 5.80. The third kappa shape index (κ3) is 5.54. The molecule has 0 atom stereocenters. The molecule has 0 aliphatic heterocycles. The Morgan fingerprint density at radius 2 is 2.00 bits per heavy atom. The number of carbonyl (C=O) groups is 1. The maximum Gasteiger partial charge on any atom is 0.271 e. The first-order valence-corrected chi connectivity index (χ1v) is 7.51. The molecule has 7 nitrogen and oxygen atoms in total. The molecule has 25 heavy (non-hydrogen) atoms. The minimum Gasteiger partial charge on any atom is -0.380 e. The predicted molar refractivity (Wildman–Crippen MR) is 90.5 cm³/mol. The molecule has 0 unspecified atom stereocenters. The highest BCUT2D eigenvalue weighted by atomic mass is 19.1. The molecule has 0 spiro atoms. The van der Waals surface area contributed by atoms with Gasteiger partial charge in [-0.3, -0.25) is 14.9 Å². The summed E-state index contributed by atoms with van der Waals surface area (Å²) in [5.41, 5.74) is 1.56. The number of anilines is 1. The van der Waals surface area contributed by atoms with Crippen LogP contribution in [0.2, 0.25) is 0 Å². The molecule has 2 rings (SSSR count). The van der Waals surface area contributed by atoms with Crippen LogP contribution in [0.25, 0.3) is 0 Å². The lowest BCUT2D eigenvalue weighted by Gasteiger charge is -2.09. The molecule has 2 aromatic carbocycles. The van der Waals surface area contributed by atoms with E-state index in [0.717, 1.165) is 29.3 Å². The SMILES string of the molecule is COCc1cccc(CNC(=O)CNc2cc([N+](=O)[O-])ccc2F)c1. The van der Waals surface area contributed by atoms with Crippen molar-refractivity contribution in [2.24, 2.45) is 0 Å². The van der Waals surface area contributed by atoms with E-state index in [2.05, 4.69) is 10.6 Å². The van der Waals surface area contributed by atoms with E-state index in [0.29, 0.717) is 13.2 Å². The van der Waals surface area contributed by atoms with Gasteiger partial charge in [-0.15, -0.1) is 0 Å². The molecule has 8 heteroatoms. The maximum atomic E-state index is 13.6. The lowest BCUT2D eigenvalue weighted by molar-refractivity contribution is -0.384. The van der Waals surface area contributed by atoms with Crippen LogP contribution in [0.5, 0.6) is 0 Å². The fraction of sp³-hybridized carbons (Fsp3) is 0.235. The lowest BCUT2D eigenvalue weighted by atomic mass is 10.1. The van der Waals surface area contributed by atoms with Crippen molar-refractivity contribution in [2.45, 2.75) is 13.2 Å². The Hall–Kier alpha value is -3.00. The van der Waals surface area contributed by atoms with Crippen LogP contribution >= 0.6 is 0 Å². The molecule has 0 heterocycles. The quantitative estimate of drug-likeness (QED) is 0.565. The topological polar surface area (TPSA) is 93.5 Å². The molecule has 132 valence electrons. The van der Waals surface area contributed by atoms with Gasteiger partial charge in [0, 0.05) is 25.8 Å². The van der Waals surface area contributed by atoms with E-state index in [9.17, 15) is 19.3 Å². The van der Waals surface area contributed by atoms with Crippen LogP contribution in [0.15, 0.2) is 42.5 Å². The Kier molecular flexibility index (Phi) is 6.41. The minimum absolute atomic E-state index is 0.0913. The highest BCUT2D eigenvalue weighted by Crippen LogP contribution is 2.20. The Labute approximate surface area is 144 Å². The summed E-state index contributed by atoms with van der Waals surface area (Å²) in [6.07, 6.45) is 0. The van der Waals surface area contributed by atoms with E-state index in [1.807, 2.05) is 24.3 Å². The van der Waals surface area contributed by atoms with Crippen molar-refractivity contribution in [3.8, 4) is 0 Å². The Bertz CT molecular complexity index is 767. The fourth-order valence-corrected chi connectivity index (χ4v) is 2.20. The van der Waals surface area contributed by atoms with Crippen LogP contribution in [0.4, 0.5) is 15.8 Å². The summed E-state index contributed by atoms with van der Waals surface area (Å²) in [6.45, 7) is 0.598. The first kappa shape index (κ1) is 18.3. The second-order valence-electron chi connectivity index (χ2n) is 5.30. The molecule has 0 radical (unpaired) electrons. The average molecular weight is 347 g/mol. The van der Waals surface area contributed by atoms with E-state index in [-0.39, 0.29) is 23.8 Å². The molecule has 2 aromatic rings. The van der Waals surface area contributed by atoms with Crippen LogP contribution in [-0.2, 0) is 22.7 Å². The smallest absolute Gasteiger partial charge is 0.271 e. The number of benzene rings is 2. The first-order valence-electron chi connectivity index (χ1n) is 7.51. The Morgan fingerprint density at radius 1 is 1.24 bits per heavy atom. The van der Waals surface area contributed by atoms with Crippen LogP contribution < -0.4 is 10.6 Å². The zero-order valence-electron chi connectivity index (χ0n) is 13.6. The summed E-state index contributed by atoms with van der Waals surface area (Å²) in [5.74, 6) is -1.02. The number of non-ortho nitro benzene ring substituents is 1. The number of nitrogens with one attached hydrogen (secondary N) is 2. The Balaban J connectivity index is 1.88. The third-order valence-electron chi connectivity index (χ3n) is 3.39. The van der Waals surface area contributed by atoms with E-state index >= 15 is 0 Å². The molecular formula is C17H18FN3O4. The number of hydrogen-bond donors (Lipinski definition) is 2. The van der Waals surface area contributed by atoms with Crippen molar-refractivity contribution in [2.75, 3.05) is 19.0 Å². The second-order valence-corrected chi connectivity index (χ2v) is 5.30. The van der Waals surface area contributed by atoms with Crippen molar-refractivity contribution in [3.63, 3.8) is 0 Å². The van der Waals surface area contributed by atoms with Gasteiger partial charge in [-0.2, -0.15) is 0 Å². The molecule has 1 amide bonds. The van der Waals surface area contributed by atoms with Crippen LogP contribution in [0.1, 0.15) is 11.1 Å². The number of nitro groups is 1. The van der Waals surface area contributed by atoms with Gasteiger partial charge in [0.1, 0.15) is 5.82 Å². The number of hydrogen-bond acceptors (Lipinski definition) is 5. The molecular weight excluding hydrogens is 329 g/mol. The normalized spacial score (nSPS) is 10.3. The van der Waals surface area contributed by atoms with Gasteiger partial charge in [-0.05, 0) is 17.2 Å². The molecule has 0 bridgehead atoms. The van der Waals surface area contributed by atoms with Crippen molar-refractivity contribution in [1.29, 1.82) is 0 Å². The number of amides is 1. The number of nitro benzene ring substituents is 1. The molecule has 0 aromatic heterocycles. The van der Waals surface area contributed by atoms with Crippen molar-refractivity contribution < 1.29 is 18.8 Å². The van der Waals surface area contributed by atoms with Gasteiger partial charge >= 0.3 is 0 Å². The second kappa shape index (κ2) is 8.74. The minimum atomic E-state index is -0.661. The first-order chi connectivity index (χ1) is 12.0. The summed E-state index contributed by atoms with van der Waals surface area (Å²) >= 11 is 0. The third-order valence-corrected chi connectivity index (χ3v) is 3.39. The van der Waals surface area contributed by atoms with Gasteiger partial charge in [0.2, 0.25) is 5.91 Å². The summed E-state index contributed by atoms with van der Waals surface area (Å²) in [6, 6.07) is 10.7. The average Bonchev–Trinajstić information content (AvgIpc) is 2.59. The van der Waals surface area contributed by atoms with Gasteiger partial charge in [-0.1, -0.05) is 24.3 Å². The zero-order valence-corrected chi connectivity index (χ0v) is 13.6. The summed E-state index contributed by atoms with van der Waals surface area (Å²) in [7, 11) is 1.60. The monoisotopic (exact) mass is 347 g/mol.